The second kappa shape index (κ2) is 8.55. The fourth-order valence-corrected chi connectivity index (χ4v) is 3.42. The van der Waals surface area contributed by atoms with Crippen LogP contribution in [0, 0.1) is 23.0 Å². The van der Waals surface area contributed by atoms with E-state index in [0.717, 1.165) is 17.7 Å². The molecular formula is C20H18ClF2N3O2. The minimum atomic E-state index is -1.12. The Hall–Kier alpha value is -2.69. The van der Waals surface area contributed by atoms with E-state index in [4.69, 9.17) is 16.3 Å². The summed E-state index contributed by atoms with van der Waals surface area (Å²) in [6.07, 6.45) is 0. The van der Waals surface area contributed by atoms with E-state index in [1.807, 2.05) is 17.0 Å². The lowest BCUT2D eigenvalue weighted by molar-refractivity contribution is 0.0606. The maximum absolute atomic E-state index is 13.5. The SMILES string of the molecule is COc1ccc(C(C#N)N2CCN(C(=O)c3cc(F)c(F)cc3Cl)CC2)cc1. The lowest BCUT2D eigenvalue weighted by Gasteiger charge is -2.37. The van der Waals surface area contributed by atoms with Crippen molar-refractivity contribution < 1.29 is 18.3 Å². The van der Waals surface area contributed by atoms with Gasteiger partial charge < -0.3 is 9.64 Å². The van der Waals surface area contributed by atoms with Crippen LogP contribution in [0.25, 0.3) is 0 Å². The molecule has 1 saturated heterocycles. The highest BCUT2D eigenvalue weighted by molar-refractivity contribution is 6.33. The summed E-state index contributed by atoms with van der Waals surface area (Å²) in [5, 5.41) is 9.48. The molecule has 1 amide bonds. The van der Waals surface area contributed by atoms with Crippen LogP contribution in [0.5, 0.6) is 5.75 Å². The van der Waals surface area contributed by atoms with Crippen molar-refractivity contribution in [1.82, 2.24) is 9.80 Å². The Morgan fingerprint density at radius 2 is 1.75 bits per heavy atom. The fourth-order valence-electron chi connectivity index (χ4n) is 3.19. The van der Waals surface area contributed by atoms with Crippen LogP contribution in [-0.4, -0.2) is 49.0 Å². The number of methoxy groups -OCH3 is 1. The van der Waals surface area contributed by atoms with Gasteiger partial charge >= 0.3 is 0 Å². The summed E-state index contributed by atoms with van der Waals surface area (Å²) in [5.74, 6) is -1.96. The first-order valence-corrected chi connectivity index (χ1v) is 9.04. The Morgan fingerprint density at radius 3 is 2.32 bits per heavy atom. The van der Waals surface area contributed by atoms with Crippen LogP contribution in [0.15, 0.2) is 36.4 Å². The molecule has 146 valence electrons. The Balaban J connectivity index is 1.68. The van der Waals surface area contributed by atoms with Gasteiger partial charge in [-0.2, -0.15) is 5.26 Å². The zero-order chi connectivity index (χ0) is 20.3. The summed E-state index contributed by atoms with van der Waals surface area (Å²) < 4.78 is 31.8. The molecule has 2 aromatic carbocycles. The fraction of sp³-hybridized carbons (Fsp3) is 0.300. The molecule has 3 rings (SSSR count). The van der Waals surface area contributed by atoms with E-state index in [9.17, 15) is 18.8 Å². The Morgan fingerprint density at radius 1 is 1.14 bits per heavy atom. The number of hydrogen-bond donors (Lipinski definition) is 0. The van der Waals surface area contributed by atoms with Crippen LogP contribution in [0.3, 0.4) is 0 Å². The van der Waals surface area contributed by atoms with Crippen molar-refractivity contribution in [3.63, 3.8) is 0 Å². The average molecular weight is 406 g/mol. The standard InChI is InChI=1S/C20H18ClF2N3O2/c1-28-14-4-2-13(3-5-14)19(12-24)25-6-8-26(9-7-25)20(27)15-10-17(22)18(23)11-16(15)21/h2-5,10-11,19H,6-9H2,1H3. The minimum Gasteiger partial charge on any atom is -0.497 e. The zero-order valence-corrected chi connectivity index (χ0v) is 15.9. The van der Waals surface area contributed by atoms with E-state index in [1.54, 1.807) is 19.2 Å². The monoisotopic (exact) mass is 405 g/mol. The first-order chi connectivity index (χ1) is 13.4. The molecule has 1 unspecified atom stereocenters. The number of carbonyl (C=O) groups is 1. The second-order valence-electron chi connectivity index (χ2n) is 6.38. The topological polar surface area (TPSA) is 56.6 Å². The summed E-state index contributed by atoms with van der Waals surface area (Å²) in [6.45, 7) is 1.64. The highest BCUT2D eigenvalue weighted by Gasteiger charge is 2.28. The molecular weight excluding hydrogens is 388 g/mol. The first-order valence-electron chi connectivity index (χ1n) is 8.66. The molecule has 1 fully saturated rings. The normalized spacial score (nSPS) is 15.8. The molecule has 0 spiro atoms. The molecule has 0 aromatic heterocycles. The number of ether oxygens (including phenoxy) is 1. The average Bonchev–Trinajstić information content (AvgIpc) is 2.72. The molecule has 1 heterocycles. The Labute approximate surface area is 166 Å². The number of carbonyl (C=O) groups excluding carboxylic acids is 1. The largest absolute Gasteiger partial charge is 0.497 e. The number of amides is 1. The quantitative estimate of drug-likeness (QED) is 0.728. The third kappa shape index (κ3) is 4.08. The van der Waals surface area contributed by atoms with E-state index in [0.29, 0.717) is 31.9 Å². The van der Waals surface area contributed by atoms with Gasteiger partial charge in [-0.25, -0.2) is 8.78 Å². The molecule has 1 aliphatic heterocycles. The van der Waals surface area contributed by atoms with E-state index in [1.165, 1.54) is 4.90 Å². The molecule has 0 aliphatic carbocycles. The molecule has 2 aromatic rings. The number of rotatable bonds is 4. The third-order valence-electron chi connectivity index (χ3n) is 4.76. The highest BCUT2D eigenvalue weighted by atomic mass is 35.5. The van der Waals surface area contributed by atoms with Gasteiger partial charge in [0.25, 0.3) is 5.91 Å². The van der Waals surface area contributed by atoms with Gasteiger partial charge in [0.05, 0.1) is 23.8 Å². The van der Waals surface area contributed by atoms with Gasteiger partial charge in [0.15, 0.2) is 11.6 Å². The Kier molecular flexibility index (Phi) is 6.12. The number of nitriles is 1. The summed E-state index contributed by atoms with van der Waals surface area (Å²) in [4.78, 5) is 16.1. The zero-order valence-electron chi connectivity index (χ0n) is 15.2. The molecule has 0 saturated carbocycles. The van der Waals surface area contributed by atoms with Crippen molar-refractivity contribution in [2.24, 2.45) is 0 Å². The van der Waals surface area contributed by atoms with Gasteiger partial charge in [-0.3, -0.25) is 9.69 Å². The van der Waals surface area contributed by atoms with Crippen LogP contribution in [0.2, 0.25) is 5.02 Å². The third-order valence-corrected chi connectivity index (χ3v) is 5.07. The summed E-state index contributed by atoms with van der Waals surface area (Å²) >= 11 is 5.90. The van der Waals surface area contributed by atoms with Crippen LogP contribution >= 0.6 is 11.6 Å². The molecule has 5 nitrogen and oxygen atoms in total. The molecule has 0 N–H and O–H groups in total. The van der Waals surface area contributed by atoms with Crippen molar-refractivity contribution in [3.05, 3.63) is 64.2 Å². The molecule has 8 heteroatoms. The number of hydrogen-bond acceptors (Lipinski definition) is 4. The Bertz CT molecular complexity index is 907. The minimum absolute atomic E-state index is 0.0685. The summed E-state index contributed by atoms with van der Waals surface area (Å²) in [7, 11) is 1.58. The van der Waals surface area contributed by atoms with Crippen molar-refractivity contribution >= 4 is 17.5 Å². The predicted molar refractivity (Wildman–Crippen MR) is 100 cm³/mol. The smallest absolute Gasteiger partial charge is 0.255 e. The van der Waals surface area contributed by atoms with Gasteiger partial charge in [-0.05, 0) is 29.8 Å². The summed E-state index contributed by atoms with van der Waals surface area (Å²) in [5.41, 5.74) is 0.771. The first kappa shape index (κ1) is 20.1. The van der Waals surface area contributed by atoms with Gasteiger partial charge in [-0.1, -0.05) is 23.7 Å². The van der Waals surface area contributed by atoms with E-state index in [-0.39, 0.29) is 10.6 Å². The number of piperazine rings is 1. The molecule has 1 aliphatic rings. The predicted octanol–water partition coefficient (Wildman–Crippen LogP) is 3.65. The van der Waals surface area contributed by atoms with Crippen molar-refractivity contribution in [1.29, 1.82) is 5.26 Å². The van der Waals surface area contributed by atoms with E-state index >= 15 is 0 Å². The van der Waals surface area contributed by atoms with Crippen LogP contribution in [0.4, 0.5) is 8.78 Å². The molecule has 28 heavy (non-hydrogen) atoms. The number of halogens is 3. The van der Waals surface area contributed by atoms with E-state index < -0.39 is 23.6 Å². The molecule has 0 radical (unpaired) electrons. The van der Waals surface area contributed by atoms with E-state index in [2.05, 4.69) is 6.07 Å². The van der Waals surface area contributed by atoms with Crippen LogP contribution in [-0.2, 0) is 0 Å². The van der Waals surface area contributed by atoms with Gasteiger partial charge in [0.1, 0.15) is 11.8 Å². The molecule has 0 bridgehead atoms. The van der Waals surface area contributed by atoms with Gasteiger partial charge in [0, 0.05) is 26.2 Å². The van der Waals surface area contributed by atoms with Crippen molar-refractivity contribution in [2.45, 2.75) is 6.04 Å². The van der Waals surface area contributed by atoms with Crippen molar-refractivity contribution in [3.8, 4) is 11.8 Å². The summed E-state index contributed by atoms with van der Waals surface area (Å²) in [6, 6.07) is 10.7. The van der Waals surface area contributed by atoms with Gasteiger partial charge in [-0.15, -0.1) is 0 Å². The molecule has 1 atom stereocenters. The highest BCUT2D eigenvalue weighted by Crippen LogP contribution is 2.26. The van der Waals surface area contributed by atoms with Crippen LogP contribution < -0.4 is 4.74 Å². The lowest BCUT2D eigenvalue weighted by atomic mass is 10.1. The maximum atomic E-state index is 13.5. The van der Waals surface area contributed by atoms with Crippen LogP contribution in [0.1, 0.15) is 22.0 Å². The van der Waals surface area contributed by atoms with Gasteiger partial charge in [0.2, 0.25) is 0 Å². The number of nitrogens with zero attached hydrogens (tertiary/aromatic N) is 3. The number of benzene rings is 2. The van der Waals surface area contributed by atoms with Crippen molar-refractivity contribution in [2.75, 3.05) is 33.3 Å². The second-order valence-corrected chi connectivity index (χ2v) is 6.79. The lowest BCUT2D eigenvalue weighted by Crippen LogP contribution is -2.49. The maximum Gasteiger partial charge on any atom is 0.255 e.